The van der Waals surface area contributed by atoms with E-state index in [1.54, 1.807) is 0 Å². The monoisotopic (exact) mass is 196 g/mol. The molecule has 0 aromatic heterocycles. The molecule has 0 radical (unpaired) electrons. The third-order valence-electron chi connectivity index (χ3n) is 1.41. The fourth-order valence-electron chi connectivity index (χ4n) is 0.862. The molecule has 0 amide bonds. The van der Waals surface area contributed by atoms with Crippen LogP contribution >= 0.6 is 11.8 Å². The van der Waals surface area contributed by atoms with Crippen molar-refractivity contribution in [1.82, 2.24) is 0 Å². The van der Waals surface area contributed by atoms with Crippen molar-refractivity contribution in [1.29, 1.82) is 0 Å². The summed E-state index contributed by atoms with van der Waals surface area (Å²) >= 11 is 1.29. The molecule has 1 rings (SSSR count). The van der Waals surface area contributed by atoms with Gasteiger partial charge in [-0.05, 0) is 17.9 Å². The van der Waals surface area contributed by atoms with Gasteiger partial charge in [-0.3, -0.25) is 4.79 Å². The number of hydrogen-bond donors (Lipinski definition) is 0. The number of carbonyl (C=O) groups is 1. The topological polar surface area (TPSA) is 26.3 Å². The lowest BCUT2D eigenvalue weighted by Crippen LogP contribution is -2.07. The van der Waals surface area contributed by atoms with Crippen LogP contribution in [0.2, 0.25) is 0 Å². The van der Waals surface area contributed by atoms with E-state index in [2.05, 4.69) is 0 Å². The summed E-state index contributed by atoms with van der Waals surface area (Å²) < 4.78 is 5.25. The standard InChI is InChI=1S/C10H12O2S/c1-2-13-10(11)8-12-9-6-4-3-5-7-9/h3-7H,2,8H2,1H3. The zero-order valence-corrected chi connectivity index (χ0v) is 8.34. The molecule has 2 nitrogen and oxygen atoms in total. The molecule has 0 aliphatic carbocycles. The van der Waals surface area contributed by atoms with Crippen molar-refractivity contribution in [3.05, 3.63) is 30.3 Å². The molecule has 70 valence electrons. The van der Waals surface area contributed by atoms with Crippen molar-refractivity contribution in [2.75, 3.05) is 12.4 Å². The van der Waals surface area contributed by atoms with Gasteiger partial charge in [0, 0.05) is 0 Å². The summed E-state index contributed by atoms with van der Waals surface area (Å²) in [7, 11) is 0. The Morgan fingerprint density at radius 2 is 2.08 bits per heavy atom. The van der Waals surface area contributed by atoms with E-state index in [9.17, 15) is 4.79 Å². The smallest absolute Gasteiger partial charge is 0.226 e. The largest absolute Gasteiger partial charge is 0.485 e. The van der Waals surface area contributed by atoms with E-state index in [-0.39, 0.29) is 11.7 Å². The number of ether oxygens (including phenoxy) is 1. The first-order chi connectivity index (χ1) is 6.33. The molecule has 0 heterocycles. The van der Waals surface area contributed by atoms with Gasteiger partial charge in [-0.15, -0.1) is 0 Å². The van der Waals surface area contributed by atoms with Gasteiger partial charge in [-0.1, -0.05) is 36.9 Å². The van der Waals surface area contributed by atoms with Gasteiger partial charge in [0.25, 0.3) is 0 Å². The maximum absolute atomic E-state index is 11.1. The molecule has 1 aromatic rings. The van der Waals surface area contributed by atoms with Crippen LogP contribution in [0.25, 0.3) is 0 Å². The third-order valence-corrected chi connectivity index (χ3v) is 2.13. The average Bonchev–Trinajstić information content (AvgIpc) is 2.17. The fraction of sp³-hybridized carbons (Fsp3) is 0.300. The van der Waals surface area contributed by atoms with Gasteiger partial charge in [-0.2, -0.15) is 0 Å². The van der Waals surface area contributed by atoms with Crippen LogP contribution in [0.1, 0.15) is 6.92 Å². The summed E-state index contributed by atoms with van der Waals surface area (Å²) in [5.74, 6) is 1.55. The van der Waals surface area contributed by atoms with Gasteiger partial charge >= 0.3 is 0 Å². The van der Waals surface area contributed by atoms with E-state index in [1.165, 1.54) is 11.8 Å². The quantitative estimate of drug-likeness (QED) is 0.739. The van der Waals surface area contributed by atoms with Gasteiger partial charge in [0.1, 0.15) is 5.75 Å². The van der Waals surface area contributed by atoms with E-state index in [0.717, 1.165) is 11.5 Å². The minimum absolute atomic E-state index is 0.0753. The zero-order chi connectivity index (χ0) is 9.52. The number of benzene rings is 1. The molecule has 3 heteroatoms. The van der Waals surface area contributed by atoms with Crippen molar-refractivity contribution in [2.24, 2.45) is 0 Å². The van der Waals surface area contributed by atoms with E-state index in [0.29, 0.717) is 0 Å². The minimum Gasteiger partial charge on any atom is -0.485 e. The zero-order valence-electron chi connectivity index (χ0n) is 7.53. The fourth-order valence-corrected chi connectivity index (χ4v) is 1.33. The van der Waals surface area contributed by atoms with Crippen molar-refractivity contribution in [3.8, 4) is 5.75 Å². The first kappa shape index (κ1) is 10.1. The Bertz CT molecular complexity index is 259. The summed E-state index contributed by atoms with van der Waals surface area (Å²) in [6.07, 6.45) is 0. The maximum Gasteiger partial charge on any atom is 0.226 e. The lowest BCUT2D eigenvalue weighted by atomic mass is 10.3. The Hall–Kier alpha value is -0.960. The summed E-state index contributed by atoms with van der Waals surface area (Å²) in [6, 6.07) is 9.35. The van der Waals surface area contributed by atoms with E-state index < -0.39 is 0 Å². The molecule has 0 spiro atoms. The molecular weight excluding hydrogens is 184 g/mol. The Morgan fingerprint density at radius 1 is 1.38 bits per heavy atom. The van der Waals surface area contributed by atoms with Crippen LogP contribution in [0.15, 0.2) is 30.3 Å². The van der Waals surface area contributed by atoms with E-state index in [1.807, 2.05) is 37.3 Å². The molecular formula is C10H12O2S. The van der Waals surface area contributed by atoms with Gasteiger partial charge in [0.05, 0.1) is 0 Å². The Balaban J connectivity index is 2.31. The highest BCUT2D eigenvalue weighted by atomic mass is 32.2. The lowest BCUT2D eigenvalue weighted by Gasteiger charge is -2.03. The lowest BCUT2D eigenvalue weighted by molar-refractivity contribution is -0.112. The molecule has 0 aliphatic heterocycles. The van der Waals surface area contributed by atoms with Crippen molar-refractivity contribution in [2.45, 2.75) is 6.92 Å². The van der Waals surface area contributed by atoms with Gasteiger partial charge in [0.15, 0.2) is 6.61 Å². The van der Waals surface area contributed by atoms with Gasteiger partial charge < -0.3 is 4.74 Å². The van der Waals surface area contributed by atoms with Crippen LogP contribution in [0.5, 0.6) is 5.75 Å². The summed E-state index contributed by atoms with van der Waals surface area (Å²) in [6.45, 7) is 2.10. The number of thioether (sulfide) groups is 1. The van der Waals surface area contributed by atoms with E-state index in [4.69, 9.17) is 4.74 Å². The summed E-state index contributed by atoms with van der Waals surface area (Å²) in [5, 5.41) is 0.0753. The predicted molar refractivity (Wildman–Crippen MR) is 55.1 cm³/mol. The number of hydrogen-bond acceptors (Lipinski definition) is 3. The number of rotatable bonds is 4. The maximum atomic E-state index is 11.1. The molecule has 0 atom stereocenters. The Kier molecular flexibility index (Phi) is 4.40. The summed E-state index contributed by atoms with van der Waals surface area (Å²) in [5.41, 5.74) is 0. The average molecular weight is 196 g/mol. The third kappa shape index (κ3) is 3.99. The SMILES string of the molecule is CCSC(=O)COc1ccccc1. The highest BCUT2D eigenvalue weighted by Crippen LogP contribution is 2.09. The predicted octanol–water partition coefficient (Wildman–Crippen LogP) is 2.35. The van der Waals surface area contributed by atoms with Crippen molar-refractivity contribution < 1.29 is 9.53 Å². The molecule has 0 saturated carbocycles. The molecule has 0 bridgehead atoms. The molecule has 0 unspecified atom stereocenters. The van der Waals surface area contributed by atoms with Crippen LogP contribution in [0.3, 0.4) is 0 Å². The molecule has 0 aliphatic rings. The molecule has 13 heavy (non-hydrogen) atoms. The molecule has 1 aromatic carbocycles. The highest BCUT2D eigenvalue weighted by Gasteiger charge is 2.01. The minimum atomic E-state index is 0.0753. The van der Waals surface area contributed by atoms with Gasteiger partial charge in [-0.25, -0.2) is 0 Å². The Labute approximate surface area is 82.3 Å². The molecule has 0 N–H and O–H groups in total. The number of carbonyl (C=O) groups excluding carboxylic acids is 1. The molecule has 0 fully saturated rings. The second-order valence-corrected chi connectivity index (χ2v) is 3.73. The second-order valence-electron chi connectivity index (χ2n) is 2.41. The van der Waals surface area contributed by atoms with Crippen LogP contribution in [0.4, 0.5) is 0 Å². The first-order valence-corrected chi connectivity index (χ1v) is 5.15. The second kappa shape index (κ2) is 5.65. The summed E-state index contributed by atoms with van der Waals surface area (Å²) in [4.78, 5) is 11.1. The van der Waals surface area contributed by atoms with Crippen LogP contribution in [0, 0.1) is 0 Å². The van der Waals surface area contributed by atoms with Crippen molar-refractivity contribution in [3.63, 3.8) is 0 Å². The highest BCUT2D eigenvalue weighted by molar-refractivity contribution is 8.13. The number of para-hydroxylation sites is 1. The molecule has 0 saturated heterocycles. The normalized spacial score (nSPS) is 9.62. The Morgan fingerprint density at radius 3 is 2.69 bits per heavy atom. The van der Waals surface area contributed by atoms with E-state index >= 15 is 0 Å². The van der Waals surface area contributed by atoms with Crippen LogP contribution < -0.4 is 4.74 Å². The first-order valence-electron chi connectivity index (χ1n) is 4.16. The van der Waals surface area contributed by atoms with Crippen LogP contribution in [-0.2, 0) is 4.79 Å². The van der Waals surface area contributed by atoms with Crippen molar-refractivity contribution >= 4 is 16.9 Å². The van der Waals surface area contributed by atoms with Crippen LogP contribution in [-0.4, -0.2) is 17.5 Å². The van der Waals surface area contributed by atoms with Gasteiger partial charge in [0.2, 0.25) is 5.12 Å².